The summed E-state index contributed by atoms with van der Waals surface area (Å²) in [6.45, 7) is 0.967. The highest BCUT2D eigenvalue weighted by atomic mass is 16.3. The van der Waals surface area contributed by atoms with E-state index in [1.807, 2.05) is 85.9 Å². The number of para-hydroxylation sites is 1. The molecule has 1 unspecified atom stereocenters. The number of aromatic nitrogens is 1. The van der Waals surface area contributed by atoms with Gasteiger partial charge in [-0.2, -0.15) is 0 Å². The molecule has 4 aromatic rings. The van der Waals surface area contributed by atoms with Crippen LogP contribution < -0.4 is 0 Å². The van der Waals surface area contributed by atoms with Gasteiger partial charge in [0.05, 0.1) is 11.6 Å². The summed E-state index contributed by atoms with van der Waals surface area (Å²) in [5.41, 5.74) is 2.38. The van der Waals surface area contributed by atoms with Gasteiger partial charge in [-0.3, -0.25) is 9.59 Å². The fraction of sp³-hybridized carbons (Fsp3) is 0.185. The lowest BCUT2D eigenvalue weighted by molar-refractivity contribution is -0.140. The van der Waals surface area contributed by atoms with E-state index in [1.165, 1.54) is 0 Å². The number of aliphatic hydroxyl groups excluding tert-OH is 1. The fourth-order valence-corrected chi connectivity index (χ4v) is 4.64. The van der Waals surface area contributed by atoms with Gasteiger partial charge in [-0.1, -0.05) is 60.7 Å². The standard InChI is InChI=1S/C27H25N3O3/c1-29(2)14-15-30-24(21-16-28-22-13-6-5-11-19(21)22)23(26(32)27(30)33)25(31)20-12-7-9-17-8-3-4-10-18(17)20/h3-13,16,24,28,31H,14-15H2,1-2H3/b25-23+. The number of hydrogen-bond donors (Lipinski definition) is 2. The molecule has 166 valence electrons. The Morgan fingerprint density at radius 2 is 1.67 bits per heavy atom. The maximum Gasteiger partial charge on any atom is 0.295 e. The van der Waals surface area contributed by atoms with Gasteiger partial charge in [-0.15, -0.1) is 0 Å². The minimum absolute atomic E-state index is 0.125. The zero-order valence-corrected chi connectivity index (χ0v) is 18.6. The first-order valence-electron chi connectivity index (χ1n) is 10.9. The summed E-state index contributed by atoms with van der Waals surface area (Å²) in [5, 5.41) is 14.2. The molecule has 6 nitrogen and oxygen atoms in total. The summed E-state index contributed by atoms with van der Waals surface area (Å²) >= 11 is 0. The predicted octanol–water partition coefficient (Wildman–Crippen LogP) is 4.30. The molecular weight excluding hydrogens is 414 g/mol. The van der Waals surface area contributed by atoms with E-state index in [0.29, 0.717) is 18.7 Å². The minimum Gasteiger partial charge on any atom is -0.507 e. The Hall–Kier alpha value is -3.90. The Bertz CT molecular complexity index is 1410. The van der Waals surface area contributed by atoms with Crippen molar-refractivity contribution < 1.29 is 14.7 Å². The average molecular weight is 440 g/mol. The van der Waals surface area contributed by atoms with Gasteiger partial charge >= 0.3 is 0 Å². The Kier molecular flexibility index (Phi) is 5.23. The number of amides is 1. The molecule has 0 spiro atoms. The minimum atomic E-state index is -0.680. The van der Waals surface area contributed by atoms with E-state index < -0.39 is 17.7 Å². The van der Waals surface area contributed by atoms with Crippen LogP contribution in [0.1, 0.15) is 17.2 Å². The normalized spacial score (nSPS) is 18.2. The number of Topliss-reactive ketones (excluding diaryl/α,β-unsaturated/α-hetero) is 1. The van der Waals surface area contributed by atoms with Gasteiger partial charge < -0.3 is 19.9 Å². The second-order valence-electron chi connectivity index (χ2n) is 8.61. The number of hydrogen-bond acceptors (Lipinski definition) is 4. The molecule has 1 aliphatic heterocycles. The molecule has 5 rings (SSSR count). The van der Waals surface area contributed by atoms with Gasteiger partial charge in [0.15, 0.2) is 0 Å². The van der Waals surface area contributed by atoms with E-state index >= 15 is 0 Å². The quantitative estimate of drug-likeness (QED) is 0.276. The van der Waals surface area contributed by atoms with Crippen LogP contribution in [0.25, 0.3) is 27.4 Å². The van der Waals surface area contributed by atoms with Gasteiger partial charge in [-0.25, -0.2) is 0 Å². The van der Waals surface area contributed by atoms with Crippen molar-refractivity contribution in [1.82, 2.24) is 14.8 Å². The van der Waals surface area contributed by atoms with Gasteiger partial charge in [0.25, 0.3) is 11.7 Å². The molecule has 0 bridgehead atoms. The molecule has 2 heterocycles. The fourth-order valence-electron chi connectivity index (χ4n) is 4.64. The molecule has 6 heteroatoms. The first kappa shape index (κ1) is 21.0. The van der Waals surface area contributed by atoms with E-state index in [4.69, 9.17) is 0 Å². The molecule has 1 aliphatic rings. The van der Waals surface area contributed by atoms with E-state index in [0.717, 1.165) is 27.2 Å². The van der Waals surface area contributed by atoms with Crippen LogP contribution in [0.4, 0.5) is 0 Å². The highest BCUT2D eigenvalue weighted by Crippen LogP contribution is 2.42. The van der Waals surface area contributed by atoms with E-state index in [1.54, 1.807) is 11.0 Å². The van der Waals surface area contributed by atoms with Gasteiger partial charge in [0, 0.05) is 41.3 Å². The molecule has 1 aromatic heterocycles. The van der Waals surface area contributed by atoms with Crippen LogP contribution in [-0.2, 0) is 9.59 Å². The SMILES string of the molecule is CN(C)CCN1C(=O)C(=O)/C(=C(/O)c2cccc3ccccc23)C1c1c[nH]c2ccccc12. The molecule has 3 aromatic carbocycles. The van der Waals surface area contributed by atoms with E-state index in [2.05, 4.69) is 4.98 Å². The number of carbonyl (C=O) groups excluding carboxylic acids is 2. The zero-order valence-electron chi connectivity index (χ0n) is 18.6. The predicted molar refractivity (Wildman–Crippen MR) is 130 cm³/mol. The number of rotatable bonds is 5. The van der Waals surface area contributed by atoms with Crippen molar-refractivity contribution in [2.24, 2.45) is 0 Å². The number of H-pyrrole nitrogens is 1. The highest BCUT2D eigenvalue weighted by molar-refractivity contribution is 6.46. The Labute approximate surface area is 191 Å². The maximum absolute atomic E-state index is 13.3. The lowest BCUT2D eigenvalue weighted by atomic mass is 9.93. The first-order valence-corrected chi connectivity index (χ1v) is 10.9. The molecule has 0 aliphatic carbocycles. The van der Waals surface area contributed by atoms with Gasteiger partial charge in [-0.05, 0) is 30.9 Å². The van der Waals surface area contributed by atoms with Crippen molar-refractivity contribution in [3.05, 3.63) is 89.6 Å². The lowest BCUT2D eigenvalue weighted by Crippen LogP contribution is -2.35. The Balaban J connectivity index is 1.75. The Morgan fingerprint density at radius 3 is 2.45 bits per heavy atom. The lowest BCUT2D eigenvalue weighted by Gasteiger charge is -2.26. The summed E-state index contributed by atoms with van der Waals surface area (Å²) in [6.07, 6.45) is 1.83. The van der Waals surface area contributed by atoms with Crippen LogP contribution in [0, 0.1) is 0 Å². The topological polar surface area (TPSA) is 76.6 Å². The molecule has 2 N–H and O–H groups in total. The summed E-state index contributed by atoms with van der Waals surface area (Å²) in [5.74, 6) is -1.39. The van der Waals surface area contributed by atoms with Crippen LogP contribution in [0.2, 0.25) is 0 Å². The van der Waals surface area contributed by atoms with Crippen LogP contribution in [0.3, 0.4) is 0 Å². The number of carbonyl (C=O) groups is 2. The number of aromatic amines is 1. The van der Waals surface area contributed by atoms with Crippen molar-refractivity contribution in [3.8, 4) is 0 Å². The second kappa shape index (κ2) is 8.22. The maximum atomic E-state index is 13.3. The number of aliphatic hydroxyl groups is 1. The molecule has 0 saturated carbocycles. The molecular formula is C27H25N3O3. The van der Waals surface area contributed by atoms with Crippen molar-refractivity contribution >= 4 is 39.1 Å². The smallest absolute Gasteiger partial charge is 0.295 e. The number of nitrogens with zero attached hydrogens (tertiary/aromatic N) is 2. The number of nitrogens with one attached hydrogen (secondary N) is 1. The molecule has 1 saturated heterocycles. The monoisotopic (exact) mass is 439 g/mol. The van der Waals surface area contributed by atoms with Gasteiger partial charge in [0.1, 0.15) is 5.76 Å². The number of ketones is 1. The van der Waals surface area contributed by atoms with E-state index in [-0.39, 0.29) is 11.3 Å². The van der Waals surface area contributed by atoms with Crippen molar-refractivity contribution in [2.75, 3.05) is 27.2 Å². The summed E-state index contributed by atoms with van der Waals surface area (Å²) < 4.78 is 0. The highest BCUT2D eigenvalue weighted by Gasteiger charge is 2.46. The second-order valence-corrected chi connectivity index (χ2v) is 8.61. The van der Waals surface area contributed by atoms with Crippen molar-refractivity contribution in [3.63, 3.8) is 0 Å². The molecule has 1 amide bonds. The summed E-state index contributed by atoms with van der Waals surface area (Å²) in [4.78, 5) is 33.3. The zero-order chi connectivity index (χ0) is 23.1. The van der Waals surface area contributed by atoms with Crippen LogP contribution in [0.5, 0.6) is 0 Å². The third-order valence-corrected chi connectivity index (χ3v) is 6.29. The third kappa shape index (κ3) is 3.49. The van der Waals surface area contributed by atoms with Crippen LogP contribution in [0.15, 0.2) is 78.5 Å². The van der Waals surface area contributed by atoms with Crippen molar-refractivity contribution in [2.45, 2.75) is 6.04 Å². The van der Waals surface area contributed by atoms with Crippen LogP contribution in [-0.4, -0.2) is 58.8 Å². The van der Waals surface area contributed by atoms with Crippen molar-refractivity contribution in [1.29, 1.82) is 0 Å². The van der Waals surface area contributed by atoms with Gasteiger partial charge in [0.2, 0.25) is 0 Å². The first-order chi connectivity index (χ1) is 16.0. The molecule has 0 radical (unpaired) electrons. The third-order valence-electron chi connectivity index (χ3n) is 6.29. The number of fused-ring (bicyclic) bond motifs is 2. The summed E-state index contributed by atoms with van der Waals surface area (Å²) in [7, 11) is 3.85. The molecule has 1 atom stereocenters. The molecule has 33 heavy (non-hydrogen) atoms. The van der Waals surface area contributed by atoms with Crippen LogP contribution >= 0.6 is 0 Å². The Morgan fingerprint density at radius 1 is 0.970 bits per heavy atom. The summed E-state index contributed by atoms with van der Waals surface area (Å²) in [6, 6.07) is 20.4. The number of benzene rings is 3. The largest absolute Gasteiger partial charge is 0.507 e. The average Bonchev–Trinajstić information content (AvgIpc) is 3.35. The number of likely N-dealkylation sites (N-methyl/N-ethyl adjacent to an activating group) is 1. The van der Waals surface area contributed by atoms with E-state index in [9.17, 15) is 14.7 Å². The molecule has 1 fully saturated rings. The number of likely N-dealkylation sites (tertiary alicyclic amines) is 1.